The van der Waals surface area contributed by atoms with Crippen LogP contribution in [0.25, 0.3) is 10.6 Å². The average Bonchev–Trinajstić information content (AvgIpc) is 2.88. The summed E-state index contributed by atoms with van der Waals surface area (Å²) in [7, 11) is 0. The van der Waals surface area contributed by atoms with Gasteiger partial charge in [0.1, 0.15) is 0 Å². The third-order valence-corrected chi connectivity index (χ3v) is 4.31. The topological polar surface area (TPSA) is 67.8 Å². The fourth-order valence-corrected chi connectivity index (χ4v) is 2.46. The molecule has 0 bridgehead atoms. The van der Waals surface area contributed by atoms with E-state index in [2.05, 4.69) is 20.5 Å². The Morgan fingerprint density at radius 1 is 1.53 bits per heavy atom. The van der Waals surface area contributed by atoms with Gasteiger partial charge in [-0.05, 0) is 18.4 Å². The summed E-state index contributed by atoms with van der Waals surface area (Å²) in [6, 6.07) is 3.75. The number of aromatic nitrogens is 3. The molecule has 7 heteroatoms. The molecule has 0 aliphatic carbocycles. The molecule has 5 nitrogen and oxygen atoms in total. The van der Waals surface area contributed by atoms with Crippen molar-refractivity contribution < 1.29 is 4.79 Å². The third-order valence-electron chi connectivity index (χ3n) is 2.46. The van der Waals surface area contributed by atoms with E-state index < -0.39 is 0 Å². The van der Waals surface area contributed by atoms with E-state index in [9.17, 15) is 4.79 Å². The maximum absolute atomic E-state index is 11.7. The SMILES string of the molecule is CSC(C)CC(=O)Nc1nnc(-c2cccnc2)s1. The van der Waals surface area contributed by atoms with E-state index in [1.807, 2.05) is 25.3 Å². The summed E-state index contributed by atoms with van der Waals surface area (Å²) in [5, 5.41) is 12.4. The van der Waals surface area contributed by atoms with Crippen LogP contribution >= 0.6 is 23.1 Å². The Balaban J connectivity index is 2.00. The normalized spacial score (nSPS) is 12.1. The molecule has 2 aromatic rings. The Hall–Kier alpha value is -1.47. The van der Waals surface area contributed by atoms with Crippen molar-refractivity contribution >= 4 is 34.1 Å². The van der Waals surface area contributed by atoms with Gasteiger partial charge in [-0.25, -0.2) is 0 Å². The van der Waals surface area contributed by atoms with Gasteiger partial charge in [-0.2, -0.15) is 11.8 Å². The first-order valence-electron chi connectivity index (χ1n) is 5.75. The monoisotopic (exact) mass is 294 g/mol. The lowest BCUT2D eigenvalue weighted by Crippen LogP contribution is -2.15. The molecule has 1 unspecified atom stereocenters. The second-order valence-electron chi connectivity index (χ2n) is 3.95. The summed E-state index contributed by atoms with van der Waals surface area (Å²) >= 11 is 3.01. The first kappa shape index (κ1) is 14.0. The van der Waals surface area contributed by atoms with Crippen LogP contribution in [0.3, 0.4) is 0 Å². The summed E-state index contributed by atoms with van der Waals surface area (Å²) in [5.74, 6) is -0.0317. The molecule has 1 N–H and O–H groups in total. The highest BCUT2D eigenvalue weighted by atomic mass is 32.2. The summed E-state index contributed by atoms with van der Waals surface area (Å²) in [5.41, 5.74) is 0.901. The second-order valence-corrected chi connectivity index (χ2v) is 6.21. The molecule has 100 valence electrons. The number of amides is 1. The van der Waals surface area contributed by atoms with Crippen molar-refractivity contribution in [3.05, 3.63) is 24.5 Å². The van der Waals surface area contributed by atoms with Gasteiger partial charge >= 0.3 is 0 Å². The van der Waals surface area contributed by atoms with Crippen LogP contribution in [0.2, 0.25) is 0 Å². The standard InChI is InChI=1S/C12H14N4OS2/c1-8(18-2)6-10(17)14-12-16-15-11(19-12)9-4-3-5-13-7-9/h3-5,7-8H,6H2,1-2H3,(H,14,16,17). The number of carbonyl (C=O) groups excluding carboxylic acids is 1. The molecule has 2 aromatic heterocycles. The van der Waals surface area contributed by atoms with Crippen molar-refractivity contribution in [2.75, 3.05) is 11.6 Å². The van der Waals surface area contributed by atoms with Gasteiger partial charge < -0.3 is 5.32 Å². The van der Waals surface area contributed by atoms with Crippen LogP contribution in [0.4, 0.5) is 5.13 Å². The zero-order chi connectivity index (χ0) is 13.7. The molecule has 0 saturated carbocycles. The van der Waals surface area contributed by atoms with Gasteiger partial charge in [0, 0.05) is 29.6 Å². The van der Waals surface area contributed by atoms with Gasteiger partial charge in [-0.1, -0.05) is 18.3 Å². The maximum atomic E-state index is 11.7. The molecule has 0 spiro atoms. The van der Waals surface area contributed by atoms with Gasteiger partial charge in [0.05, 0.1) is 0 Å². The zero-order valence-corrected chi connectivity index (χ0v) is 12.3. The number of hydrogen-bond donors (Lipinski definition) is 1. The largest absolute Gasteiger partial charge is 0.300 e. The molecule has 0 aliphatic heterocycles. The highest BCUT2D eigenvalue weighted by Crippen LogP contribution is 2.25. The average molecular weight is 294 g/mol. The molecule has 1 atom stereocenters. The summed E-state index contributed by atoms with van der Waals surface area (Å²) in [6.45, 7) is 2.02. The Kier molecular flexibility index (Phi) is 4.86. The quantitative estimate of drug-likeness (QED) is 0.918. The fourth-order valence-electron chi connectivity index (χ4n) is 1.39. The van der Waals surface area contributed by atoms with E-state index in [4.69, 9.17) is 0 Å². The van der Waals surface area contributed by atoms with Crippen molar-refractivity contribution in [2.45, 2.75) is 18.6 Å². The van der Waals surface area contributed by atoms with E-state index in [-0.39, 0.29) is 5.91 Å². The van der Waals surface area contributed by atoms with E-state index in [1.54, 1.807) is 24.2 Å². The molecule has 0 aliphatic rings. The van der Waals surface area contributed by atoms with Gasteiger partial charge in [-0.3, -0.25) is 9.78 Å². The molecule has 0 saturated heterocycles. The highest BCUT2D eigenvalue weighted by Gasteiger charge is 2.12. The van der Waals surface area contributed by atoms with Crippen LogP contribution in [-0.4, -0.2) is 32.6 Å². The Morgan fingerprint density at radius 2 is 2.37 bits per heavy atom. The van der Waals surface area contributed by atoms with Crippen LogP contribution in [0.5, 0.6) is 0 Å². The Morgan fingerprint density at radius 3 is 3.05 bits per heavy atom. The van der Waals surface area contributed by atoms with Gasteiger partial charge in [-0.15, -0.1) is 10.2 Å². The first-order chi connectivity index (χ1) is 9.19. The van der Waals surface area contributed by atoms with Crippen LogP contribution in [0, 0.1) is 0 Å². The molecular weight excluding hydrogens is 280 g/mol. The van der Waals surface area contributed by atoms with Crippen LogP contribution < -0.4 is 5.32 Å². The number of rotatable bonds is 5. The van der Waals surface area contributed by atoms with Gasteiger partial charge in [0.15, 0.2) is 5.01 Å². The minimum Gasteiger partial charge on any atom is -0.300 e. The second kappa shape index (κ2) is 6.63. The number of anilines is 1. The smallest absolute Gasteiger partial charge is 0.227 e. The lowest BCUT2D eigenvalue weighted by molar-refractivity contribution is -0.116. The minimum atomic E-state index is -0.0317. The van der Waals surface area contributed by atoms with E-state index >= 15 is 0 Å². The summed E-state index contributed by atoms with van der Waals surface area (Å²) < 4.78 is 0. The van der Waals surface area contributed by atoms with E-state index in [0.717, 1.165) is 10.6 Å². The van der Waals surface area contributed by atoms with E-state index in [1.165, 1.54) is 11.3 Å². The van der Waals surface area contributed by atoms with Gasteiger partial charge in [0.25, 0.3) is 0 Å². The fraction of sp³-hybridized carbons (Fsp3) is 0.333. The highest BCUT2D eigenvalue weighted by molar-refractivity contribution is 7.99. The van der Waals surface area contributed by atoms with Crippen molar-refractivity contribution in [3.8, 4) is 10.6 Å². The molecule has 2 rings (SSSR count). The van der Waals surface area contributed by atoms with Crippen LogP contribution in [0.1, 0.15) is 13.3 Å². The van der Waals surface area contributed by atoms with Gasteiger partial charge in [0.2, 0.25) is 11.0 Å². The van der Waals surface area contributed by atoms with Crippen LogP contribution in [-0.2, 0) is 4.79 Å². The molecule has 19 heavy (non-hydrogen) atoms. The first-order valence-corrected chi connectivity index (χ1v) is 7.86. The molecule has 0 aromatic carbocycles. The number of nitrogens with one attached hydrogen (secondary N) is 1. The lowest BCUT2D eigenvalue weighted by atomic mass is 10.3. The van der Waals surface area contributed by atoms with Crippen molar-refractivity contribution in [2.24, 2.45) is 0 Å². The molecule has 2 heterocycles. The third kappa shape index (κ3) is 4.00. The van der Waals surface area contributed by atoms with Crippen molar-refractivity contribution in [3.63, 3.8) is 0 Å². The Bertz CT molecular complexity index is 544. The number of hydrogen-bond acceptors (Lipinski definition) is 6. The predicted molar refractivity (Wildman–Crippen MR) is 79.4 cm³/mol. The molecule has 0 radical (unpaired) electrons. The lowest BCUT2D eigenvalue weighted by Gasteiger charge is -2.06. The van der Waals surface area contributed by atoms with Crippen molar-refractivity contribution in [1.29, 1.82) is 0 Å². The van der Waals surface area contributed by atoms with Crippen molar-refractivity contribution in [1.82, 2.24) is 15.2 Å². The zero-order valence-electron chi connectivity index (χ0n) is 10.7. The van der Waals surface area contributed by atoms with E-state index in [0.29, 0.717) is 16.8 Å². The summed E-state index contributed by atoms with van der Waals surface area (Å²) in [6.07, 6.45) is 5.89. The molecular formula is C12H14N4OS2. The number of thioether (sulfide) groups is 1. The molecule has 1 amide bonds. The predicted octanol–water partition coefficient (Wildman–Crippen LogP) is 2.68. The molecule has 0 fully saturated rings. The van der Waals surface area contributed by atoms with Crippen LogP contribution in [0.15, 0.2) is 24.5 Å². The maximum Gasteiger partial charge on any atom is 0.227 e. The number of carbonyl (C=O) groups is 1. The Labute approximate surface area is 119 Å². The number of pyridine rings is 1. The summed E-state index contributed by atoms with van der Waals surface area (Å²) in [4.78, 5) is 15.8. The number of nitrogens with zero attached hydrogens (tertiary/aromatic N) is 3. The minimum absolute atomic E-state index is 0.0317.